The molecule has 238 valence electrons. The van der Waals surface area contributed by atoms with Crippen molar-refractivity contribution in [2.45, 2.75) is 70.3 Å². The number of halogens is 6. The van der Waals surface area contributed by atoms with E-state index in [1.54, 1.807) is 37.7 Å². The van der Waals surface area contributed by atoms with Crippen LogP contribution in [0.1, 0.15) is 67.5 Å². The number of carbonyl (C=O) groups excluding carboxylic acids is 2. The van der Waals surface area contributed by atoms with E-state index in [-0.39, 0.29) is 19.1 Å². The van der Waals surface area contributed by atoms with Gasteiger partial charge in [0.1, 0.15) is 5.75 Å². The molecular formula is C29H34F6N2O5S. The SMILES string of the molecule is CCCSCc1cc2c(cc1OC)[C@H](N(Cc1cc(C(F)(F)F)cc(C(F)(F)F)c1)C(=O)OC)C[C@H](C)N2C(=O)OCC. The predicted octanol–water partition coefficient (Wildman–Crippen LogP) is 8.44. The Hall–Kier alpha value is -3.29. The van der Waals surface area contributed by atoms with Crippen molar-refractivity contribution in [1.82, 2.24) is 4.90 Å². The Morgan fingerprint density at radius 1 is 1.00 bits per heavy atom. The lowest BCUT2D eigenvalue weighted by atomic mass is 9.89. The van der Waals surface area contributed by atoms with Crippen molar-refractivity contribution in [1.29, 1.82) is 0 Å². The molecule has 0 aliphatic carbocycles. The standard InChI is InChI=1S/C29H34F6N2O5S/c1-6-8-43-16-19-12-24-22(14-25(19)40-4)23(9-17(3)37(24)27(39)42-7-2)36(26(38)41-5)15-18-10-20(28(30,31)32)13-21(11-18)29(33,34)35/h10-14,17,23H,6-9,15-16H2,1-5H3/t17-,23+/m0/s1. The molecule has 3 rings (SSSR count). The van der Waals surface area contributed by atoms with Crippen molar-refractivity contribution >= 4 is 29.6 Å². The molecule has 0 bridgehead atoms. The Morgan fingerprint density at radius 3 is 2.14 bits per heavy atom. The Balaban J connectivity index is 2.20. The zero-order valence-corrected chi connectivity index (χ0v) is 25.2. The van der Waals surface area contributed by atoms with E-state index < -0.39 is 59.9 Å². The molecule has 2 amide bonds. The molecule has 2 aromatic carbocycles. The molecule has 14 heteroatoms. The van der Waals surface area contributed by atoms with Gasteiger partial charge < -0.3 is 14.2 Å². The topological polar surface area (TPSA) is 68.3 Å². The fourth-order valence-corrected chi connectivity index (χ4v) is 5.90. The maximum absolute atomic E-state index is 13.6. The van der Waals surface area contributed by atoms with Crippen molar-refractivity contribution in [3.63, 3.8) is 0 Å². The van der Waals surface area contributed by atoms with E-state index in [1.165, 1.54) is 12.0 Å². The third-order valence-electron chi connectivity index (χ3n) is 6.91. The quantitative estimate of drug-likeness (QED) is 0.203. The molecule has 7 nitrogen and oxygen atoms in total. The lowest BCUT2D eigenvalue weighted by Crippen LogP contribution is -2.47. The van der Waals surface area contributed by atoms with Crippen molar-refractivity contribution in [3.05, 3.63) is 58.1 Å². The van der Waals surface area contributed by atoms with E-state index in [1.807, 2.05) is 6.92 Å². The van der Waals surface area contributed by atoms with Crippen LogP contribution in [0, 0.1) is 0 Å². The van der Waals surface area contributed by atoms with Gasteiger partial charge in [0.15, 0.2) is 0 Å². The summed E-state index contributed by atoms with van der Waals surface area (Å²) in [5, 5.41) is 0. The van der Waals surface area contributed by atoms with Crippen LogP contribution in [0.4, 0.5) is 41.6 Å². The normalized spacial score (nSPS) is 16.9. The van der Waals surface area contributed by atoms with Crippen LogP contribution in [0.3, 0.4) is 0 Å². The average Bonchev–Trinajstić information content (AvgIpc) is 2.94. The minimum Gasteiger partial charge on any atom is -0.496 e. The number of methoxy groups -OCH3 is 2. The number of fused-ring (bicyclic) bond motifs is 1. The number of alkyl halides is 6. The third-order valence-corrected chi connectivity index (χ3v) is 8.12. The summed E-state index contributed by atoms with van der Waals surface area (Å²) in [7, 11) is 2.52. The maximum atomic E-state index is 13.6. The number of benzene rings is 2. The molecule has 0 spiro atoms. The fourth-order valence-electron chi connectivity index (χ4n) is 5.02. The van der Waals surface area contributed by atoms with E-state index in [2.05, 4.69) is 0 Å². The predicted molar refractivity (Wildman–Crippen MR) is 150 cm³/mol. The van der Waals surface area contributed by atoms with Crippen LogP contribution in [0.2, 0.25) is 0 Å². The molecule has 0 saturated carbocycles. The molecule has 1 aliphatic rings. The van der Waals surface area contributed by atoms with E-state index in [4.69, 9.17) is 14.2 Å². The summed E-state index contributed by atoms with van der Waals surface area (Å²) in [6, 6.07) is 3.11. The number of carbonyl (C=O) groups is 2. The summed E-state index contributed by atoms with van der Waals surface area (Å²) in [5.41, 5.74) is -1.83. The Morgan fingerprint density at radius 2 is 1.63 bits per heavy atom. The second-order valence-electron chi connectivity index (χ2n) is 9.96. The minimum absolute atomic E-state index is 0.0319. The monoisotopic (exact) mass is 636 g/mol. The van der Waals surface area contributed by atoms with Gasteiger partial charge in [0.25, 0.3) is 0 Å². The molecule has 0 N–H and O–H groups in total. The number of amides is 2. The first-order valence-corrected chi connectivity index (χ1v) is 14.7. The molecule has 0 unspecified atom stereocenters. The zero-order valence-electron chi connectivity index (χ0n) is 24.4. The van der Waals surface area contributed by atoms with Gasteiger partial charge >= 0.3 is 24.5 Å². The summed E-state index contributed by atoms with van der Waals surface area (Å²) in [4.78, 5) is 28.7. The molecule has 1 heterocycles. The van der Waals surface area contributed by atoms with Crippen LogP contribution in [0.15, 0.2) is 30.3 Å². The molecule has 0 saturated heterocycles. The smallest absolute Gasteiger partial charge is 0.416 e. The van der Waals surface area contributed by atoms with Gasteiger partial charge in [-0.15, -0.1) is 0 Å². The summed E-state index contributed by atoms with van der Waals surface area (Å²) >= 11 is 1.65. The van der Waals surface area contributed by atoms with Gasteiger partial charge in [-0.2, -0.15) is 38.1 Å². The number of ether oxygens (including phenoxy) is 3. The van der Waals surface area contributed by atoms with Crippen LogP contribution >= 0.6 is 11.8 Å². The highest BCUT2D eigenvalue weighted by molar-refractivity contribution is 7.98. The van der Waals surface area contributed by atoms with Gasteiger partial charge in [-0.3, -0.25) is 9.80 Å². The summed E-state index contributed by atoms with van der Waals surface area (Å²) in [6.07, 6.45) is -10.7. The highest BCUT2D eigenvalue weighted by atomic mass is 32.2. The first-order chi connectivity index (χ1) is 20.2. The van der Waals surface area contributed by atoms with Gasteiger partial charge in [-0.1, -0.05) is 6.92 Å². The highest BCUT2D eigenvalue weighted by Crippen LogP contribution is 2.45. The van der Waals surface area contributed by atoms with Crippen LogP contribution in [0.25, 0.3) is 0 Å². The summed E-state index contributed by atoms with van der Waals surface area (Å²) < 4.78 is 97.3. The second kappa shape index (κ2) is 14.0. The largest absolute Gasteiger partial charge is 0.496 e. The van der Waals surface area contributed by atoms with Gasteiger partial charge in [0.2, 0.25) is 0 Å². The zero-order chi connectivity index (χ0) is 32.1. The van der Waals surface area contributed by atoms with Gasteiger partial charge in [-0.25, -0.2) is 9.59 Å². The van der Waals surface area contributed by atoms with E-state index in [9.17, 15) is 35.9 Å². The van der Waals surface area contributed by atoms with Crippen molar-refractivity contribution in [2.24, 2.45) is 0 Å². The number of rotatable bonds is 9. The molecule has 1 aliphatic heterocycles. The Kier molecular flexibility index (Phi) is 11.1. The number of thioether (sulfide) groups is 1. The van der Waals surface area contributed by atoms with Crippen LogP contribution in [-0.2, 0) is 34.1 Å². The molecule has 0 fully saturated rings. The molecule has 2 atom stereocenters. The third kappa shape index (κ3) is 8.01. The number of hydrogen-bond acceptors (Lipinski definition) is 6. The summed E-state index contributed by atoms with van der Waals surface area (Å²) in [6.45, 7) is 4.87. The van der Waals surface area contributed by atoms with Gasteiger partial charge in [-0.05, 0) is 68.3 Å². The van der Waals surface area contributed by atoms with Crippen LogP contribution < -0.4 is 9.64 Å². The first-order valence-electron chi connectivity index (χ1n) is 13.5. The van der Waals surface area contributed by atoms with E-state index in [0.29, 0.717) is 34.9 Å². The maximum Gasteiger partial charge on any atom is 0.416 e. The average molecular weight is 637 g/mol. The highest BCUT2D eigenvalue weighted by Gasteiger charge is 2.41. The van der Waals surface area contributed by atoms with Crippen molar-refractivity contribution in [3.8, 4) is 5.75 Å². The Bertz CT molecular complexity index is 1270. The van der Waals surface area contributed by atoms with E-state index in [0.717, 1.165) is 29.7 Å². The van der Waals surface area contributed by atoms with Crippen molar-refractivity contribution in [2.75, 3.05) is 31.5 Å². The van der Waals surface area contributed by atoms with Gasteiger partial charge in [0.05, 0.1) is 43.7 Å². The second-order valence-corrected chi connectivity index (χ2v) is 11.1. The number of anilines is 1. The number of nitrogens with zero attached hydrogens (tertiary/aromatic N) is 2. The van der Waals surface area contributed by atoms with Gasteiger partial charge in [0, 0.05) is 29.5 Å². The molecule has 0 aromatic heterocycles. The van der Waals surface area contributed by atoms with E-state index >= 15 is 0 Å². The fraction of sp³-hybridized carbons (Fsp3) is 0.517. The minimum atomic E-state index is -5.06. The first kappa shape index (κ1) is 34.2. The number of hydrogen-bond donors (Lipinski definition) is 0. The van der Waals surface area contributed by atoms with Crippen molar-refractivity contribution < 1.29 is 50.1 Å². The lowest BCUT2D eigenvalue weighted by Gasteiger charge is -2.43. The molecule has 43 heavy (non-hydrogen) atoms. The van der Waals surface area contributed by atoms with Crippen LogP contribution in [-0.4, -0.2) is 49.7 Å². The molecular weight excluding hydrogens is 602 g/mol. The molecule has 2 aromatic rings. The summed E-state index contributed by atoms with van der Waals surface area (Å²) in [5.74, 6) is 1.87. The lowest BCUT2D eigenvalue weighted by molar-refractivity contribution is -0.143. The molecule has 0 radical (unpaired) electrons. The van der Waals surface area contributed by atoms with Crippen LogP contribution in [0.5, 0.6) is 5.75 Å². The Labute approximate surface area is 250 Å².